The monoisotopic (exact) mass is 266 g/mol. The summed E-state index contributed by atoms with van der Waals surface area (Å²) in [6, 6.07) is 1.78. The molecule has 1 atom stereocenters. The van der Waals surface area contributed by atoms with Crippen molar-refractivity contribution in [1.82, 2.24) is 20.0 Å². The molecule has 0 spiro atoms. The van der Waals surface area contributed by atoms with Gasteiger partial charge in [0, 0.05) is 25.3 Å². The molecular weight excluding hydrogens is 244 g/mol. The molecule has 1 aromatic rings. The predicted octanol–water partition coefficient (Wildman–Crippen LogP) is 0.511. The number of H-pyrrole nitrogens is 1. The number of amides is 1. The van der Waals surface area contributed by atoms with E-state index in [1.807, 2.05) is 25.9 Å². The lowest BCUT2D eigenvalue weighted by molar-refractivity contribution is -0.0271. The Morgan fingerprint density at radius 3 is 3.05 bits per heavy atom. The summed E-state index contributed by atoms with van der Waals surface area (Å²) in [5.74, 6) is -0.0116. The summed E-state index contributed by atoms with van der Waals surface area (Å²) in [7, 11) is 4.08. The van der Waals surface area contributed by atoms with Gasteiger partial charge in [-0.15, -0.1) is 0 Å². The summed E-state index contributed by atoms with van der Waals surface area (Å²) < 4.78 is 5.70. The summed E-state index contributed by atoms with van der Waals surface area (Å²) in [6.45, 7) is 4.76. The van der Waals surface area contributed by atoms with Crippen molar-refractivity contribution < 1.29 is 9.53 Å². The zero-order chi connectivity index (χ0) is 13.8. The zero-order valence-electron chi connectivity index (χ0n) is 11.8. The Labute approximate surface area is 113 Å². The Hall–Kier alpha value is -1.40. The molecule has 0 bridgehead atoms. The Kier molecular flexibility index (Phi) is 4.55. The maximum Gasteiger partial charge on any atom is 0.274 e. The summed E-state index contributed by atoms with van der Waals surface area (Å²) >= 11 is 0. The highest BCUT2D eigenvalue weighted by molar-refractivity contribution is 5.92. The Morgan fingerprint density at radius 1 is 1.63 bits per heavy atom. The molecular formula is C13H22N4O2. The Morgan fingerprint density at radius 2 is 2.42 bits per heavy atom. The molecule has 0 aliphatic carbocycles. The van der Waals surface area contributed by atoms with Crippen LogP contribution in [0.4, 0.5) is 0 Å². The third-order valence-corrected chi connectivity index (χ3v) is 3.25. The minimum absolute atomic E-state index is 0.0116. The standard InChI is InChI=1S/C13H22N4O2/c1-10-8-12(15-14-10)13(18)17-6-7-19-11(9-17)4-5-16(2)3/h8,11H,4-7,9H2,1-3H3,(H,14,15)/t11-/m1/s1. The number of nitrogens with one attached hydrogen (secondary N) is 1. The molecule has 2 heterocycles. The van der Waals surface area contributed by atoms with Crippen LogP contribution in [0.25, 0.3) is 0 Å². The van der Waals surface area contributed by atoms with E-state index in [4.69, 9.17) is 4.74 Å². The number of rotatable bonds is 4. The molecule has 1 saturated heterocycles. The van der Waals surface area contributed by atoms with E-state index in [9.17, 15) is 4.79 Å². The van der Waals surface area contributed by atoms with E-state index in [-0.39, 0.29) is 12.0 Å². The predicted molar refractivity (Wildman–Crippen MR) is 72.1 cm³/mol. The first kappa shape index (κ1) is 14.0. The van der Waals surface area contributed by atoms with Gasteiger partial charge in [-0.05, 0) is 33.5 Å². The van der Waals surface area contributed by atoms with Gasteiger partial charge in [-0.2, -0.15) is 5.10 Å². The fraction of sp³-hybridized carbons (Fsp3) is 0.692. The molecule has 1 aliphatic heterocycles. The van der Waals surface area contributed by atoms with E-state index in [0.717, 1.165) is 18.7 Å². The molecule has 1 fully saturated rings. The maximum atomic E-state index is 12.3. The molecule has 1 aliphatic rings. The van der Waals surface area contributed by atoms with Crippen LogP contribution in [-0.2, 0) is 4.74 Å². The molecule has 1 amide bonds. The van der Waals surface area contributed by atoms with Gasteiger partial charge in [0.15, 0.2) is 0 Å². The van der Waals surface area contributed by atoms with Gasteiger partial charge in [-0.3, -0.25) is 9.89 Å². The minimum Gasteiger partial charge on any atom is -0.374 e. The van der Waals surface area contributed by atoms with Crippen molar-refractivity contribution in [2.45, 2.75) is 19.4 Å². The van der Waals surface area contributed by atoms with Gasteiger partial charge >= 0.3 is 0 Å². The van der Waals surface area contributed by atoms with Gasteiger partial charge in [0.25, 0.3) is 5.91 Å². The fourth-order valence-electron chi connectivity index (χ4n) is 2.17. The number of aromatic nitrogens is 2. The van der Waals surface area contributed by atoms with Crippen LogP contribution in [0, 0.1) is 6.92 Å². The van der Waals surface area contributed by atoms with Gasteiger partial charge < -0.3 is 14.5 Å². The zero-order valence-corrected chi connectivity index (χ0v) is 11.8. The molecule has 0 saturated carbocycles. The van der Waals surface area contributed by atoms with Crippen molar-refractivity contribution in [2.75, 3.05) is 40.3 Å². The molecule has 106 valence electrons. The molecule has 6 heteroatoms. The molecule has 0 radical (unpaired) electrons. The van der Waals surface area contributed by atoms with Gasteiger partial charge in [0.2, 0.25) is 0 Å². The number of ether oxygens (including phenoxy) is 1. The highest BCUT2D eigenvalue weighted by atomic mass is 16.5. The molecule has 2 rings (SSSR count). The number of aryl methyl sites for hydroxylation is 1. The smallest absolute Gasteiger partial charge is 0.274 e. The van der Waals surface area contributed by atoms with E-state index in [0.29, 0.717) is 25.4 Å². The van der Waals surface area contributed by atoms with Crippen molar-refractivity contribution in [2.24, 2.45) is 0 Å². The van der Waals surface area contributed by atoms with Crippen molar-refractivity contribution in [3.63, 3.8) is 0 Å². The highest BCUT2D eigenvalue weighted by Gasteiger charge is 2.26. The normalized spacial score (nSPS) is 20.0. The topological polar surface area (TPSA) is 61.5 Å². The molecule has 19 heavy (non-hydrogen) atoms. The lowest BCUT2D eigenvalue weighted by Crippen LogP contribution is -2.46. The largest absolute Gasteiger partial charge is 0.374 e. The van der Waals surface area contributed by atoms with Crippen molar-refractivity contribution >= 4 is 5.91 Å². The molecule has 0 aromatic carbocycles. The van der Waals surface area contributed by atoms with Gasteiger partial charge in [0.1, 0.15) is 5.69 Å². The second-order valence-corrected chi connectivity index (χ2v) is 5.27. The van der Waals surface area contributed by atoms with Crippen LogP contribution in [-0.4, -0.2) is 72.3 Å². The van der Waals surface area contributed by atoms with E-state index in [2.05, 4.69) is 15.1 Å². The van der Waals surface area contributed by atoms with E-state index < -0.39 is 0 Å². The number of hydrogen-bond acceptors (Lipinski definition) is 4. The average molecular weight is 266 g/mol. The summed E-state index contributed by atoms with van der Waals surface area (Å²) in [5.41, 5.74) is 1.39. The molecule has 1 aromatic heterocycles. The van der Waals surface area contributed by atoms with Crippen molar-refractivity contribution in [3.05, 3.63) is 17.5 Å². The maximum absolute atomic E-state index is 12.3. The van der Waals surface area contributed by atoms with Crippen LogP contribution < -0.4 is 0 Å². The highest BCUT2D eigenvalue weighted by Crippen LogP contribution is 2.12. The van der Waals surface area contributed by atoms with Crippen LogP contribution in [0.5, 0.6) is 0 Å². The minimum atomic E-state index is -0.0116. The lowest BCUT2D eigenvalue weighted by Gasteiger charge is -2.33. The number of carbonyl (C=O) groups excluding carboxylic acids is 1. The Balaban J connectivity index is 1.91. The van der Waals surface area contributed by atoms with E-state index in [1.165, 1.54) is 0 Å². The number of aromatic amines is 1. The quantitative estimate of drug-likeness (QED) is 0.862. The first-order chi connectivity index (χ1) is 9.06. The number of nitrogens with zero attached hydrogens (tertiary/aromatic N) is 3. The number of carbonyl (C=O) groups is 1. The Bertz CT molecular complexity index is 430. The van der Waals surface area contributed by atoms with Crippen LogP contribution in [0.3, 0.4) is 0 Å². The summed E-state index contributed by atoms with van der Waals surface area (Å²) in [5, 5.41) is 6.83. The van der Waals surface area contributed by atoms with Gasteiger partial charge in [-0.1, -0.05) is 0 Å². The van der Waals surface area contributed by atoms with Crippen LogP contribution in [0.2, 0.25) is 0 Å². The van der Waals surface area contributed by atoms with E-state index >= 15 is 0 Å². The first-order valence-corrected chi connectivity index (χ1v) is 6.64. The number of hydrogen-bond donors (Lipinski definition) is 1. The second kappa shape index (κ2) is 6.16. The summed E-state index contributed by atoms with van der Waals surface area (Å²) in [4.78, 5) is 16.2. The van der Waals surface area contributed by atoms with Crippen LogP contribution >= 0.6 is 0 Å². The third-order valence-electron chi connectivity index (χ3n) is 3.25. The van der Waals surface area contributed by atoms with Crippen LogP contribution in [0.15, 0.2) is 6.07 Å². The third kappa shape index (κ3) is 3.78. The van der Waals surface area contributed by atoms with Gasteiger partial charge in [-0.25, -0.2) is 0 Å². The average Bonchev–Trinajstić information content (AvgIpc) is 2.82. The van der Waals surface area contributed by atoms with Crippen molar-refractivity contribution in [3.8, 4) is 0 Å². The SMILES string of the molecule is Cc1cc(C(=O)N2CCO[C@H](CCN(C)C)C2)n[nH]1. The molecule has 6 nitrogen and oxygen atoms in total. The summed E-state index contributed by atoms with van der Waals surface area (Å²) in [6.07, 6.45) is 1.07. The first-order valence-electron chi connectivity index (χ1n) is 6.64. The number of morpholine rings is 1. The fourth-order valence-corrected chi connectivity index (χ4v) is 2.17. The van der Waals surface area contributed by atoms with E-state index in [1.54, 1.807) is 6.07 Å². The lowest BCUT2D eigenvalue weighted by atomic mass is 10.2. The van der Waals surface area contributed by atoms with Crippen molar-refractivity contribution in [1.29, 1.82) is 0 Å². The second-order valence-electron chi connectivity index (χ2n) is 5.27. The van der Waals surface area contributed by atoms with Crippen LogP contribution in [0.1, 0.15) is 22.6 Å². The molecule has 1 N–H and O–H groups in total. The molecule has 0 unspecified atom stereocenters. The van der Waals surface area contributed by atoms with Gasteiger partial charge in [0.05, 0.1) is 12.7 Å².